The van der Waals surface area contributed by atoms with Gasteiger partial charge >= 0.3 is 0 Å². The Morgan fingerprint density at radius 3 is 3.13 bits per heavy atom. The van der Waals surface area contributed by atoms with Crippen LogP contribution < -0.4 is 0 Å². The van der Waals surface area contributed by atoms with Gasteiger partial charge in [0.25, 0.3) is 0 Å². The molecule has 0 heterocycles. The quantitative estimate of drug-likeness (QED) is 0.701. The number of rotatable bonds is 1. The van der Waals surface area contributed by atoms with Crippen LogP contribution in [-0.2, 0) is 9.53 Å². The zero-order chi connectivity index (χ0) is 10.6. The van der Waals surface area contributed by atoms with E-state index in [1.54, 1.807) is 13.2 Å². The number of carbonyl (C=O) groups is 1. The second-order valence-corrected chi connectivity index (χ2v) is 4.96. The molecule has 0 unspecified atom stereocenters. The Morgan fingerprint density at radius 2 is 2.40 bits per heavy atom. The van der Waals surface area contributed by atoms with Crippen molar-refractivity contribution in [1.82, 2.24) is 0 Å². The van der Waals surface area contributed by atoms with Crippen molar-refractivity contribution in [3.8, 4) is 0 Å². The van der Waals surface area contributed by atoms with Crippen molar-refractivity contribution in [2.45, 2.75) is 37.9 Å². The van der Waals surface area contributed by atoms with Gasteiger partial charge < -0.3 is 9.84 Å². The summed E-state index contributed by atoms with van der Waals surface area (Å²) in [5.41, 5.74) is 0.836. The summed E-state index contributed by atoms with van der Waals surface area (Å²) in [6, 6.07) is 0. The van der Waals surface area contributed by atoms with Crippen LogP contribution in [0, 0.1) is 11.3 Å². The number of methoxy groups -OCH3 is 1. The highest BCUT2D eigenvalue weighted by Gasteiger charge is 2.62. The van der Waals surface area contributed by atoms with E-state index in [0.29, 0.717) is 6.42 Å². The van der Waals surface area contributed by atoms with Gasteiger partial charge in [-0.1, -0.05) is 6.42 Å². The molecule has 3 nitrogen and oxygen atoms in total. The van der Waals surface area contributed by atoms with Crippen LogP contribution in [0.1, 0.15) is 25.7 Å². The fourth-order valence-electron chi connectivity index (χ4n) is 3.91. The maximum absolute atomic E-state index is 11.8. The van der Waals surface area contributed by atoms with E-state index in [2.05, 4.69) is 0 Å². The topological polar surface area (TPSA) is 46.5 Å². The van der Waals surface area contributed by atoms with E-state index in [0.717, 1.165) is 24.8 Å². The minimum atomic E-state index is -0.382. The molecule has 3 aliphatic rings. The van der Waals surface area contributed by atoms with E-state index < -0.39 is 0 Å². The Labute approximate surface area is 89.1 Å². The lowest BCUT2D eigenvalue weighted by atomic mass is 9.75. The first-order valence-corrected chi connectivity index (χ1v) is 5.67. The summed E-state index contributed by atoms with van der Waals surface area (Å²) in [6.07, 6.45) is 4.93. The molecule has 3 aliphatic carbocycles. The van der Waals surface area contributed by atoms with Crippen LogP contribution in [0.3, 0.4) is 0 Å². The Kier molecular flexibility index (Phi) is 1.86. The molecule has 82 valence electrons. The summed E-state index contributed by atoms with van der Waals surface area (Å²) < 4.78 is 5.37. The Morgan fingerprint density at radius 1 is 1.60 bits per heavy atom. The number of ether oxygens (including phenoxy) is 1. The van der Waals surface area contributed by atoms with Crippen molar-refractivity contribution in [2.24, 2.45) is 11.3 Å². The first kappa shape index (κ1) is 9.55. The summed E-state index contributed by atoms with van der Waals surface area (Å²) in [7, 11) is 1.66. The molecule has 0 bridgehead atoms. The molecule has 0 aromatic carbocycles. The molecule has 1 N–H and O–H groups in total. The van der Waals surface area contributed by atoms with Crippen molar-refractivity contribution < 1.29 is 14.6 Å². The smallest absolute Gasteiger partial charge is 0.159 e. The SMILES string of the molecule is CO[C@H]1C[C@H](O)[C@]23CCC[C@H]2C(=O)C=C13. The van der Waals surface area contributed by atoms with Crippen molar-refractivity contribution in [2.75, 3.05) is 7.11 Å². The first-order valence-electron chi connectivity index (χ1n) is 5.67. The minimum Gasteiger partial charge on any atom is -0.392 e. The molecule has 0 radical (unpaired) electrons. The molecule has 15 heavy (non-hydrogen) atoms. The molecule has 1 spiro atoms. The second-order valence-electron chi connectivity index (χ2n) is 4.96. The average Bonchev–Trinajstić information content (AvgIpc) is 2.82. The van der Waals surface area contributed by atoms with Crippen molar-refractivity contribution in [3.63, 3.8) is 0 Å². The van der Waals surface area contributed by atoms with Gasteiger partial charge in [0.2, 0.25) is 0 Å². The number of hydrogen-bond donors (Lipinski definition) is 1. The third-order valence-electron chi connectivity index (χ3n) is 4.55. The number of hydrogen-bond acceptors (Lipinski definition) is 3. The molecule has 3 heteroatoms. The molecule has 0 aliphatic heterocycles. The van der Waals surface area contributed by atoms with Crippen LogP contribution in [0.15, 0.2) is 11.6 Å². The first-order chi connectivity index (χ1) is 7.20. The van der Waals surface area contributed by atoms with Crippen LogP contribution >= 0.6 is 0 Å². The second kappa shape index (κ2) is 2.92. The van der Waals surface area contributed by atoms with Gasteiger partial charge in [-0.25, -0.2) is 0 Å². The Bertz CT molecular complexity index is 347. The van der Waals surface area contributed by atoms with Crippen molar-refractivity contribution in [3.05, 3.63) is 11.6 Å². The van der Waals surface area contributed by atoms with Gasteiger partial charge in [-0.2, -0.15) is 0 Å². The van der Waals surface area contributed by atoms with E-state index in [9.17, 15) is 9.90 Å². The molecular weight excluding hydrogens is 192 g/mol. The molecule has 2 fully saturated rings. The lowest BCUT2D eigenvalue weighted by Crippen LogP contribution is -2.34. The molecule has 0 saturated heterocycles. The van der Waals surface area contributed by atoms with Gasteiger partial charge in [0.15, 0.2) is 5.78 Å². The van der Waals surface area contributed by atoms with E-state index in [1.807, 2.05) is 0 Å². The Hall–Kier alpha value is -0.670. The van der Waals surface area contributed by atoms with E-state index in [-0.39, 0.29) is 29.3 Å². The number of aliphatic hydroxyl groups is 1. The predicted octanol–water partition coefficient (Wildman–Crippen LogP) is 1.06. The van der Waals surface area contributed by atoms with Crippen molar-refractivity contribution in [1.29, 1.82) is 0 Å². The molecule has 0 aromatic rings. The van der Waals surface area contributed by atoms with Gasteiger partial charge in [-0.15, -0.1) is 0 Å². The Balaban J connectivity index is 2.09. The highest BCUT2D eigenvalue weighted by Crippen LogP contribution is 2.61. The predicted molar refractivity (Wildman–Crippen MR) is 54.3 cm³/mol. The van der Waals surface area contributed by atoms with Crippen LogP contribution in [0.2, 0.25) is 0 Å². The summed E-state index contributed by atoms with van der Waals surface area (Å²) in [5.74, 6) is 0.256. The van der Waals surface area contributed by atoms with E-state index in [1.165, 1.54) is 0 Å². The zero-order valence-corrected chi connectivity index (χ0v) is 8.90. The zero-order valence-electron chi connectivity index (χ0n) is 8.90. The molecule has 4 atom stereocenters. The van der Waals surface area contributed by atoms with Gasteiger partial charge in [0.05, 0.1) is 12.2 Å². The summed E-state index contributed by atoms with van der Waals surface area (Å²) in [5, 5.41) is 10.2. The monoisotopic (exact) mass is 208 g/mol. The number of allylic oxidation sites excluding steroid dienone is 1. The van der Waals surface area contributed by atoms with E-state index in [4.69, 9.17) is 4.74 Å². The minimum absolute atomic E-state index is 0.0351. The van der Waals surface area contributed by atoms with Crippen molar-refractivity contribution >= 4 is 5.78 Å². The summed E-state index contributed by atoms with van der Waals surface area (Å²) in [6.45, 7) is 0. The fourth-order valence-corrected chi connectivity index (χ4v) is 3.91. The molecular formula is C12H16O3. The molecule has 2 saturated carbocycles. The van der Waals surface area contributed by atoms with Crippen LogP contribution in [0.5, 0.6) is 0 Å². The molecule has 3 rings (SSSR count). The number of ketones is 1. The molecule has 0 amide bonds. The van der Waals surface area contributed by atoms with Crippen LogP contribution in [0.25, 0.3) is 0 Å². The number of aliphatic hydroxyl groups excluding tert-OH is 1. The lowest BCUT2D eigenvalue weighted by molar-refractivity contribution is -0.120. The normalized spacial score (nSPS) is 48.0. The number of carbonyl (C=O) groups excluding carboxylic acids is 1. The van der Waals surface area contributed by atoms with Gasteiger partial charge in [0.1, 0.15) is 0 Å². The summed E-state index contributed by atoms with van der Waals surface area (Å²) >= 11 is 0. The fraction of sp³-hybridized carbons (Fsp3) is 0.750. The maximum Gasteiger partial charge on any atom is 0.159 e. The summed E-state index contributed by atoms with van der Waals surface area (Å²) in [4.78, 5) is 11.8. The van der Waals surface area contributed by atoms with Crippen LogP contribution in [-0.4, -0.2) is 30.2 Å². The standard InChI is InChI=1S/C12H16O3/c1-15-10-6-11(14)12-4-2-3-7(12)9(13)5-8(10)12/h5,7,10-11,14H,2-4,6H2,1H3/t7-,10-,11-,12+/m0/s1. The maximum atomic E-state index is 11.8. The highest BCUT2D eigenvalue weighted by atomic mass is 16.5. The van der Waals surface area contributed by atoms with Gasteiger partial charge in [-0.3, -0.25) is 4.79 Å². The van der Waals surface area contributed by atoms with Crippen LogP contribution in [0.4, 0.5) is 0 Å². The highest BCUT2D eigenvalue weighted by molar-refractivity contribution is 5.97. The van der Waals surface area contributed by atoms with Gasteiger partial charge in [-0.05, 0) is 24.5 Å². The van der Waals surface area contributed by atoms with Gasteiger partial charge in [0, 0.05) is 24.9 Å². The largest absolute Gasteiger partial charge is 0.392 e. The average molecular weight is 208 g/mol. The third-order valence-corrected chi connectivity index (χ3v) is 4.55. The molecule has 0 aromatic heterocycles. The van der Waals surface area contributed by atoms with E-state index >= 15 is 0 Å². The third kappa shape index (κ3) is 0.955. The lowest BCUT2D eigenvalue weighted by Gasteiger charge is -2.30.